The fourth-order valence-corrected chi connectivity index (χ4v) is 2.83. The van der Waals surface area contributed by atoms with Crippen LogP contribution < -0.4 is 4.74 Å². The Hall–Kier alpha value is -0.770. The Morgan fingerprint density at radius 2 is 1.65 bits per heavy atom. The predicted molar refractivity (Wildman–Crippen MR) is 84.8 cm³/mol. The minimum Gasteiger partial charge on any atom is -0.494 e. The molecule has 1 fully saturated rings. The standard InChI is InChI=1S/C16H25ClN2O/c17-8-12-19-10-4-9-18(13-14-19)11-5-15-20-16-6-2-1-3-7-16/h1-3,6-7H,4-5,8-15H2. The van der Waals surface area contributed by atoms with Crippen molar-refractivity contribution in [2.45, 2.75) is 12.8 Å². The van der Waals surface area contributed by atoms with Gasteiger partial charge >= 0.3 is 0 Å². The number of ether oxygens (including phenoxy) is 1. The van der Waals surface area contributed by atoms with Crippen molar-refractivity contribution in [2.24, 2.45) is 0 Å². The van der Waals surface area contributed by atoms with E-state index in [0.717, 1.165) is 50.8 Å². The van der Waals surface area contributed by atoms with Gasteiger partial charge in [-0.15, -0.1) is 11.6 Å². The van der Waals surface area contributed by atoms with Crippen molar-refractivity contribution in [2.75, 3.05) is 51.8 Å². The molecule has 3 nitrogen and oxygen atoms in total. The molecular formula is C16H25ClN2O. The summed E-state index contributed by atoms with van der Waals surface area (Å²) in [7, 11) is 0. The average Bonchev–Trinajstić information content (AvgIpc) is 2.71. The van der Waals surface area contributed by atoms with Gasteiger partial charge in [-0.2, -0.15) is 0 Å². The maximum atomic E-state index is 5.81. The number of hydrogen-bond acceptors (Lipinski definition) is 3. The fourth-order valence-electron chi connectivity index (χ4n) is 2.59. The van der Waals surface area contributed by atoms with Crippen LogP contribution in [0, 0.1) is 0 Å². The number of rotatable bonds is 7. The average molecular weight is 297 g/mol. The SMILES string of the molecule is ClCCN1CCCN(CCCOc2ccccc2)CC1. The summed E-state index contributed by atoms with van der Waals surface area (Å²) in [5, 5.41) is 0. The van der Waals surface area contributed by atoms with E-state index in [1.807, 2.05) is 30.3 Å². The van der Waals surface area contributed by atoms with Gasteiger partial charge in [0.05, 0.1) is 6.61 Å². The highest BCUT2D eigenvalue weighted by Crippen LogP contribution is 2.09. The zero-order valence-electron chi connectivity index (χ0n) is 12.1. The highest BCUT2D eigenvalue weighted by molar-refractivity contribution is 6.18. The lowest BCUT2D eigenvalue weighted by Gasteiger charge is -2.21. The summed E-state index contributed by atoms with van der Waals surface area (Å²) in [6.45, 7) is 7.63. The molecule has 1 aliphatic rings. The zero-order valence-corrected chi connectivity index (χ0v) is 12.9. The topological polar surface area (TPSA) is 15.7 Å². The number of nitrogens with zero attached hydrogens (tertiary/aromatic N) is 2. The predicted octanol–water partition coefficient (Wildman–Crippen LogP) is 2.70. The van der Waals surface area contributed by atoms with Crippen LogP contribution in [-0.2, 0) is 0 Å². The van der Waals surface area contributed by atoms with E-state index in [1.165, 1.54) is 19.5 Å². The van der Waals surface area contributed by atoms with Crippen LogP contribution in [0.25, 0.3) is 0 Å². The normalized spacial score (nSPS) is 17.9. The van der Waals surface area contributed by atoms with E-state index in [1.54, 1.807) is 0 Å². The van der Waals surface area contributed by atoms with Crippen LogP contribution in [0.3, 0.4) is 0 Å². The van der Waals surface area contributed by atoms with Crippen LogP contribution in [0.2, 0.25) is 0 Å². The van der Waals surface area contributed by atoms with E-state index in [4.69, 9.17) is 16.3 Å². The first-order chi connectivity index (χ1) is 9.88. The molecular weight excluding hydrogens is 272 g/mol. The molecule has 112 valence electrons. The first-order valence-electron chi connectivity index (χ1n) is 7.57. The molecule has 1 aromatic rings. The van der Waals surface area contributed by atoms with Gasteiger partial charge in [-0.05, 0) is 38.1 Å². The van der Waals surface area contributed by atoms with Crippen molar-refractivity contribution in [3.63, 3.8) is 0 Å². The van der Waals surface area contributed by atoms with Gasteiger partial charge in [0.1, 0.15) is 5.75 Å². The van der Waals surface area contributed by atoms with E-state index >= 15 is 0 Å². The second-order valence-electron chi connectivity index (χ2n) is 5.24. The molecule has 20 heavy (non-hydrogen) atoms. The van der Waals surface area contributed by atoms with Crippen LogP contribution in [-0.4, -0.2) is 61.6 Å². The van der Waals surface area contributed by atoms with Crippen LogP contribution in [0.5, 0.6) is 5.75 Å². The minimum absolute atomic E-state index is 0.741. The third-order valence-electron chi connectivity index (χ3n) is 3.71. The number of para-hydroxylation sites is 1. The molecule has 0 aromatic heterocycles. The van der Waals surface area contributed by atoms with E-state index < -0.39 is 0 Å². The largest absolute Gasteiger partial charge is 0.494 e. The number of benzene rings is 1. The molecule has 4 heteroatoms. The summed E-state index contributed by atoms with van der Waals surface area (Å²) in [4.78, 5) is 5.01. The lowest BCUT2D eigenvalue weighted by atomic mass is 10.3. The van der Waals surface area contributed by atoms with Crippen LogP contribution >= 0.6 is 11.6 Å². The van der Waals surface area contributed by atoms with Crippen LogP contribution in [0.1, 0.15) is 12.8 Å². The maximum absolute atomic E-state index is 5.81. The quantitative estimate of drug-likeness (QED) is 0.568. The Labute approximate surface area is 127 Å². The molecule has 0 atom stereocenters. The van der Waals surface area contributed by atoms with Gasteiger partial charge in [-0.3, -0.25) is 0 Å². The van der Waals surface area contributed by atoms with E-state index in [9.17, 15) is 0 Å². The molecule has 0 N–H and O–H groups in total. The Kier molecular flexibility index (Phi) is 7.20. The van der Waals surface area contributed by atoms with Gasteiger partial charge in [0.15, 0.2) is 0 Å². The molecule has 1 aliphatic heterocycles. The zero-order chi connectivity index (χ0) is 14.0. The van der Waals surface area contributed by atoms with Gasteiger partial charge in [0.25, 0.3) is 0 Å². The van der Waals surface area contributed by atoms with Crippen molar-refractivity contribution in [1.29, 1.82) is 0 Å². The number of alkyl halides is 1. The van der Waals surface area contributed by atoms with Gasteiger partial charge in [-0.25, -0.2) is 0 Å². The van der Waals surface area contributed by atoms with Gasteiger partial charge in [0, 0.05) is 32.1 Å². The highest BCUT2D eigenvalue weighted by Gasteiger charge is 2.13. The first kappa shape index (κ1) is 15.6. The van der Waals surface area contributed by atoms with Crippen molar-refractivity contribution in [1.82, 2.24) is 9.80 Å². The molecule has 0 spiro atoms. The molecule has 1 aromatic carbocycles. The second-order valence-corrected chi connectivity index (χ2v) is 5.62. The van der Waals surface area contributed by atoms with Crippen molar-refractivity contribution < 1.29 is 4.74 Å². The van der Waals surface area contributed by atoms with Crippen molar-refractivity contribution in [3.05, 3.63) is 30.3 Å². The van der Waals surface area contributed by atoms with Crippen LogP contribution in [0.15, 0.2) is 30.3 Å². The highest BCUT2D eigenvalue weighted by atomic mass is 35.5. The van der Waals surface area contributed by atoms with Crippen molar-refractivity contribution in [3.8, 4) is 5.75 Å². The molecule has 1 heterocycles. The Morgan fingerprint density at radius 3 is 2.35 bits per heavy atom. The summed E-state index contributed by atoms with van der Waals surface area (Å²) < 4.78 is 5.73. The molecule has 0 unspecified atom stereocenters. The van der Waals surface area contributed by atoms with Gasteiger partial charge in [-0.1, -0.05) is 18.2 Å². The first-order valence-corrected chi connectivity index (χ1v) is 8.10. The smallest absolute Gasteiger partial charge is 0.119 e. The van der Waals surface area contributed by atoms with E-state index in [2.05, 4.69) is 9.80 Å². The molecule has 0 radical (unpaired) electrons. The van der Waals surface area contributed by atoms with Crippen LogP contribution in [0.4, 0.5) is 0 Å². The summed E-state index contributed by atoms with van der Waals surface area (Å²) >= 11 is 5.81. The van der Waals surface area contributed by atoms with E-state index in [-0.39, 0.29) is 0 Å². The molecule has 0 saturated carbocycles. The third kappa shape index (κ3) is 5.70. The molecule has 2 rings (SSSR count). The summed E-state index contributed by atoms with van der Waals surface area (Å²) in [6.07, 6.45) is 2.33. The van der Waals surface area contributed by atoms with Gasteiger partial charge in [0.2, 0.25) is 0 Å². The second kappa shape index (κ2) is 9.22. The lowest BCUT2D eigenvalue weighted by Crippen LogP contribution is -2.32. The Morgan fingerprint density at radius 1 is 0.950 bits per heavy atom. The fraction of sp³-hybridized carbons (Fsp3) is 0.625. The lowest BCUT2D eigenvalue weighted by molar-refractivity contribution is 0.233. The number of hydrogen-bond donors (Lipinski definition) is 0. The third-order valence-corrected chi connectivity index (χ3v) is 3.88. The minimum atomic E-state index is 0.741. The van der Waals surface area contributed by atoms with E-state index in [0.29, 0.717) is 0 Å². The molecule has 0 aliphatic carbocycles. The molecule has 0 bridgehead atoms. The summed E-state index contributed by atoms with van der Waals surface area (Å²) in [6, 6.07) is 10.0. The van der Waals surface area contributed by atoms with Gasteiger partial charge < -0.3 is 14.5 Å². The monoisotopic (exact) mass is 296 g/mol. The number of halogens is 1. The molecule has 1 saturated heterocycles. The summed E-state index contributed by atoms with van der Waals surface area (Å²) in [5.41, 5.74) is 0. The van der Waals surface area contributed by atoms with Crippen molar-refractivity contribution >= 4 is 11.6 Å². The Bertz CT molecular complexity index is 361. The summed E-state index contributed by atoms with van der Waals surface area (Å²) in [5.74, 6) is 1.71. The molecule has 0 amide bonds. The Balaban J connectivity index is 1.60. The maximum Gasteiger partial charge on any atom is 0.119 e.